The van der Waals surface area contributed by atoms with Crippen LogP contribution in [0, 0.1) is 0 Å². The van der Waals surface area contributed by atoms with Gasteiger partial charge in [-0.05, 0) is 6.42 Å². The normalized spacial score (nSPS) is 28.5. The molecular formula is C8H10N2OS. The third kappa shape index (κ3) is 1.28. The molecular weight excluding hydrogens is 172 g/mol. The maximum atomic E-state index is 8.41. The van der Waals surface area contributed by atoms with Gasteiger partial charge in [-0.3, -0.25) is 5.32 Å². The van der Waals surface area contributed by atoms with Crippen molar-refractivity contribution >= 4 is 18.0 Å². The van der Waals surface area contributed by atoms with Crippen LogP contribution in [0.1, 0.15) is 6.42 Å². The van der Waals surface area contributed by atoms with Crippen LogP contribution >= 0.6 is 11.8 Å². The van der Waals surface area contributed by atoms with Crippen molar-refractivity contribution in [3.8, 4) is 0 Å². The minimum atomic E-state index is 0.452. The van der Waals surface area contributed by atoms with E-state index in [1.807, 2.05) is 6.08 Å². The first kappa shape index (κ1) is 7.89. The third-order valence-electron chi connectivity index (χ3n) is 2.02. The zero-order chi connectivity index (χ0) is 8.39. The Morgan fingerprint density at radius 3 is 3.50 bits per heavy atom. The fourth-order valence-electron chi connectivity index (χ4n) is 1.47. The van der Waals surface area contributed by atoms with E-state index in [2.05, 4.69) is 16.5 Å². The van der Waals surface area contributed by atoms with Gasteiger partial charge in [0.15, 0.2) is 0 Å². The third-order valence-corrected chi connectivity index (χ3v) is 3.17. The lowest BCUT2D eigenvalue weighted by Gasteiger charge is -2.14. The van der Waals surface area contributed by atoms with E-state index in [1.165, 1.54) is 11.1 Å². The molecule has 3 nitrogen and oxygen atoms in total. The molecule has 2 rings (SSSR count). The summed E-state index contributed by atoms with van der Waals surface area (Å²) in [4.78, 5) is 1.30. The van der Waals surface area contributed by atoms with Gasteiger partial charge in [0, 0.05) is 22.4 Å². The van der Waals surface area contributed by atoms with E-state index < -0.39 is 0 Å². The molecule has 1 unspecified atom stereocenters. The molecule has 1 aliphatic carbocycles. The van der Waals surface area contributed by atoms with E-state index in [9.17, 15) is 0 Å². The molecule has 2 N–H and O–H groups in total. The van der Waals surface area contributed by atoms with Crippen LogP contribution in [0.15, 0.2) is 27.8 Å². The molecule has 0 amide bonds. The average molecular weight is 182 g/mol. The Bertz CT molecular complexity index is 266. The molecule has 1 atom stereocenters. The van der Waals surface area contributed by atoms with Crippen molar-refractivity contribution in [2.45, 2.75) is 12.5 Å². The van der Waals surface area contributed by atoms with Crippen molar-refractivity contribution in [3.63, 3.8) is 0 Å². The van der Waals surface area contributed by atoms with Crippen molar-refractivity contribution in [1.82, 2.24) is 5.32 Å². The van der Waals surface area contributed by atoms with E-state index in [-0.39, 0.29) is 0 Å². The van der Waals surface area contributed by atoms with Crippen molar-refractivity contribution in [2.24, 2.45) is 5.16 Å². The van der Waals surface area contributed by atoms with Crippen molar-refractivity contribution in [3.05, 3.63) is 22.6 Å². The first-order chi connectivity index (χ1) is 5.92. The molecule has 4 heteroatoms. The smallest absolute Gasteiger partial charge is 0.0742 e. The zero-order valence-electron chi connectivity index (χ0n) is 6.53. The molecule has 0 aromatic heterocycles. The minimum Gasteiger partial charge on any atom is -0.411 e. The number of rotatable bonds is 1. The van der Waals surface area contributed by atoms with Gasteiger partial charge >= 0.3 is 0 Å². The maximum Gasteiger partial charge on any atom is 0.0742 e. The predicted molar refractivity (Wildman–Crippen MR) is 50.4 cm³/mol. The van der Waals surface area contributed by atoms with Crippen LogP contribution in [0.25, 0.3) is 0 Å². The lowest BCUT2D eigenvalue weighted by atomic mass is 10.0. The molecule has 1 heterocycles. The van der Waals surface area contributed by atoms with Crippen LogP contribution in [0.2, 0.25) is 0 Å². The highest BCUT2D eigenvalue weighted by Gasteiger charge is 2.24. The number of hydrogen-bond acceptors (Lipinski definition) is 4. The van der Waals surface area contributed by atoms with Crippen LogP contribution in [-0.4, -0.2) is 23.3 Å². The first-order valence-corrected chi connectivity index (χ1v) is 4.84. The van der Waals surface area contributed by atoms with Gasteiger partial charge in [-0.25, -0.2) is 0 Å². The van der Waals surface area contributed by atoms with Gasteiger partial charge in [0.05, 0.1) is 6.21 Å². The Hall–Kier alpha value is -0.740. The molecule has 2 aliphatic rings. The summed E-state index contributed by atoms with van der Waals surface area (Å²) in [7, 11) is 0. The molecule has 0 bridgehead atoms. The minimum absolute atomic E-state index is 0.452. The number of allylic oxidation sites excluding steroid dienone is 2. The number of thioether (sulfide) groups is 1. The Balaban J connectivity index is 2.31. The van der Waals surface area contributed by atoms with Gasteiger partial charge in [-0.15, -0.1) is 11.8 Å². The van der Waals surface area contributed by atoms with Crippen LogP contribution < -0.4 is 5.32 Å². The van der Waals surface area contributed by atoms with Crippen LogP contribution in [0.3, 0.4) is 0 Å². The van der Waals surface area contributed by atoms with E-state index in [1.54, 1.807) is 11.8 Å². The van der Waals surface area contributed by atoms with Gasteiger partial charge in [-0.2, -0.15) is 0 Å². The number of fused-ring (bicyclic) bond motifs is 1. The molecule has 12 heavy (non-hydrogen) atoms. The zero-order valence-corrected chi connectivity index (χ0v) is 7.34. The highest BCUT2D eigenvalue weighted by Crippen LogP contribution is 2.33. The SMILES string of the molecule is ON=CC1=C2SCNC2CC=C1. The molecule has 0 radical (unpaired) electrons. The molecule has 1 fully saturated rings. The summed E-state index contributed by atoms with van der Waals surface area (Å²) in [6.45, 7) is 0. The maximum absolute atomic E-state index is 8.41. The van der Waals surface area contributed by atoms with Crippen molar-refractivity contribution in [1.29, 1.82) is 0 Å². The summed E-state index contributed by atoms with van der Waals surface area (Å²) >= 11 is 1.79. The summed E-state index contributed by atoms with van der Waals surface area (Å²) in [5, 5.41) is 14.8. The van der Waals surface area contributed by atoms with Crippen LogP contribution in [-0.2, 0) is 0 Å². The second-order valence-corrected chi connectivity index (χ2v) is 3.76. The quantitative estimate of drug-likeness (QED) is 0.365. The summed E-state index contributed by atoms with van der Waals surface area (Å²) < 4.78 is 0. The fraction of sp³-hybridized carbons (Fsp3) is 0.375. The highest BCUT2D eigenvalue weighted by molar-refractivity contribution is 8.03. The summed E-state index contributed by atoms with van der Waals surface area (Å²) in [5.41, 5.74) is 1.03. The summed E-state index contributed by atoms with van der Waals surface area (Å²) in [5.74, 6) is 0.963. The number of nitrogens with zero attached hydrogens (tertiary/aromatic N) is 1. The number of oxime groups is 1. The Morgan fingerprint density at radius 1 is 1.75 bits per heavy atom. The van der Waals surface area contributed by atoms with Crippen molar-refractivity contribution in [2.75, 3.05) is 5.88 Å². The van der Waals surface area contributed by atoms with E-state index in [4.69, 9.17) is 5.21 Å². The van der Waals surface area contributed by atoms with Gasteiger partial charge in [-0.1, -0.05) is 17.3 Å². The van der Waals surface area contributed by atoms with Crippen LogP contribution in [0.4, 0.5) is 0 Å². The van der Waals surface area contributed by atoms with Gasteiger partial charge < -0.3 is 5.21 Å². The van der Waals surface area contributed by atoms with Gasteiger partial charge in [0.2, 0.25) is 0 Å². The second-order valence-electron chi connectivity index (χ2n) is 2.75. The number of hydrogen-bond donors (Lipinski definition) is 2. The predicted octanol–water partition coefficient (Wildman–Crippen LogP) is 1.32. The molecule has 0 aromatic rings. The lowest BCUT2D eigenvalue weighted by molar-refractivity contribution is 0.322. The molecule has 1 aliphatic heterocycles. The Morgan fingerprint density at radius 2 is 2.67 bits per heavy atom. The molecule has 0 spiro atoms. The summed E-state index contributed by atoms with van der Waals surface area (Å²) in [6.07, 6.45) is 6.65. The molecule has 0 aromatic carbocycles. The Labute approximate surface area is 75.2 Å². The topological polar surface area (TPSA) is 44.6 Å². The van der Waals surface area contributed by atoms with Crippen molar-refractivity contribution < 1.29 is 5.21 Å². The number of nitrogens with one attached hydrogen (secondary N) is 1. The lowest BCUT2D eigenvalue weighted by Crippen LogP contribution is -2.23. The van der Waals surface area contributed by atoms with E-state index >= 15 is 0 Å². The van der Waals surface area contributed by atoms with Gasteiger partial charge in [0.25, 0.3) is 0 Å². The highest BCUT2D eigenvalue weighted by atomic mass is 32.2. The molecule has 1 saturated heterocycles. The fourth-order valence-corrected chi connectivity index (χ4v) is 2.58. The Kier molecular flexibility index (Phi) is 2.19. The van der Waals surface area contributed by atoms with Gasteiger partial charge in [0.1, 0.15) is 0 Å². The largest absolute Gasteiger partial charge is 0.411 e. The molecule has 0 saturated carbocycles. The summed E-state index contributed by atoms with van der Waals surface area (Å²) in [6, 6.07) is 0.452. The van der Waals surface area contributed by atoms with E-state index in [0.717, 1.165) is 17.9 Å². The average Bonchev–Trinajstić information content (AvgIpc) is 2.53. The second kappa shape index (κ2) is 3.33. The van der Waals surface area contributed by atoms with E-state index in [0.29, 0.717) is 6.04 Å². The first-order valence-electron chi connectivity index (χ1n) is 3.86. The monoisotopic (exact) mass is 182 g/mol. The standard InChI is InChI=1S/C8H10N2OS/c11-10-4-6-2-1-3-7-8(6)12-5-9-7/h1-2,4,7,9,11H,3,5H2. The molecule has 64 valence electrons. The van der Waals surface area contributed by atoms with Crippen LogP contribution in [0.5, 0.6) is 0 Å².